The van der Waals surface area contributed by atoms with Gasteiger partial charge in [0.1, 0.15) is 23.9 Å². The van der Waals surface area contributed by atoms with E-state index in [1.807, 2.05) is 60.7 Å². The number of benzene rings is 2. The highest BCUT2D eigenvalue weighted by atomic mass is 16.6. The van der Waals surface area contributed by atoms with E-state index in [4.69, 9.17) is 18.9 Å². The summed E-state index contributed by atoms with van der Waals surface area (Å²) in [5.41, 5.74) is 0.842. The number of nitrogens with one attached hydrogen (secondary N) is 1. The Hall–Kier alpha value is -4.34. The highest BCUT2D eigenvalue weighted by Crippen LogP contribution is 2.36. The summed E-state index contributed by atoms with van der Waals surface area (Å²) in [4.78, 5) is 53.3. The molecule has 42 heavy (non-hydrogen) atoms. The van der Waals surface area contributed by atoms with Gasteiger partial charge in [0.2, 0.25) is 0 Å². The van der Waals surface area contributed by atoms with Crippen molar-refractivity contribution in [2.24, 2.45) is 5.92 Å². The third-order valence-electron chi connectivity index (χ3n) is 6.64. The summed E-state index contributed by atoms with van der Waals surface area (Å²) in [5.74, 6) is -1.58. The van der Waals surface area contributed by atoms with Crippen LogP contribution in [0.3, 0.4) is 0 Å². The molecule has 1 saturated heterocycles. The van der Waals surface area contributed by atoms with E-state index in [0.717, 1.165) is 11.1 Å². The largest absolute Gasteiger partial charge is 0.464 e. The number of methoxy groups -OCH3 is 1. The van der Waals surface area contributed by atoms with Gasteiger partial charge in [-0.25, -0.2) is 19.2 Å². The van der Waals surface area contributed by atoms with Crippen molar-refractivity contribution in [1.82, 2.24) is 10.2 Å². The molecule has 2 aromatic carbocycles. The molecule has 226 valence electrons. The quantitative estimate of drug-likeness (QED) is 0.233. The van der Waals surface area contributed by atoms with Gasteiger partial charge in [-0.15, -0.1) is 0 Å². The van der Waals surface area contributed by atoms with Gasteiger partial charge in [0.25, 0.3) is 0 Å². The number of likely N-dealkylation sites (tertiary alicyclic amines) is 1. The molecule has 3 rings (SSSR count). The molecule has 1 fully saturated rings. The molecule has 3 atom stereocenters. The highest BCUT2D eigenvalue weighted by Gasteiger charge is 2.49. The van der Waals surface area contributed by atoms with Crippen LogP contribution in [0.1, 0.15) is 51.7 Å². The van der Waals surface area contributed by atoms with Crippen molar-refractivity contribution in [2.45, 2.75) is 71.2 Å². The van der Waals surface area contributed by atoms with Crippen LogP contribution in [0.2, 0.25) is 0 Å². The maximum Gasteiger partial charge on any atom is 0.412 e. The number of carbonyl (C=O) groups excluding carboxylic acids is 4. The first-order valence-corrected chi connectivity index (χ1v) is 14.0. The fourth-order valence-electron chi connectivity index (χ4n) is 4.90. The highest BCUT2D eigenvalue weighted by molar-refractivity contribution is 5.92. The summed E-state index contributed by atoms with van der Waals surface area (Å²) in [7, 11) is 1.20. The Morgan fingerprint density at radius 2 is 1.57 bits per heavy atom. The Kier molecular flexibility index (Phi) is 11.5. The predicted molar refractivity (Wildman–Crippen MR) is 155 cm³/mol. The van der Waals surface area contributed by atoms with E-state index in [2.05, 4.69) is 5.32 Å². The van der Waals surface area contributed by atoms with Gasteiger partial charge < -0.3 is 18.9 Å². The number of alkyl carbamates (subject to hydrolysis) is 1. The average Bonchev–Trinajstić information content (AvgIpc) is 3.32. The van der Waals surface area contributed by atoms with Crippen LogP contribution < -0.4 is 5.32 Å². The normalized spacial score (nSPS) is 18.6. The minimum Gasteiger partial charge on any atom is -0.464 e. The third-order valence-corrected chi connectivity index (χ3v) is 6.64. The zero-order chi connectivity index (χ0) is 30.7. The van der Waals surface area contributed by atoms with E-state index in [1.165, 1.54) is 18.1 Å². The lowest BCUT2D eigenvalue weighted by Crippen LogP contribution is -2.49. The SMILES string of the molecule is CCOC(=O)[C@@H]1[C@@H](Cc2ccccc2)C[C@H](C/C=C(\NC(=O)OCc2ccccc2)C(=O)OC)N1C(=O)OC(C)(C)C. The zero-order valence-electron chi connectivity index (χ0n) is 24.8. The van der Waals surface area contributed by atoms with Crippen molar-refractivity contribution in [1.29, 1.82) is 0 Å². The third kappa shape index (κ3) is 9.36. The van der Waals surface area contributed by atoms with Crippen LogP contribution in [0.15, 0.2) is 72.4 Å². The van der Waals surface area contributed by atoms with Crippen molar-refractivity contribution in [3.05, 3.63) is 83.6 Å². The number of hydrogen-bond donors (Lipinski definition) is 1. The molecule has 0 spiro atoms. The van der Waals surface area contributed by atoms with E-state index in [0.29, 0.717) is 12.8 Å². The lowest BCUT2D eigenvalue weighted by Gasteiger charge is -2.32. The molecule has 10 nitrogen and oxygen atoms in total. The zero-order valence-corrected chi connectivity index (χ0v) is 24.8. The number of hydrogen-bond acceptors (Lipinski definition) is 8. The molecule has 0 aromatic heterocycles. The fourth-order valence-corrected chi connectivity index (χ4v) is 4.90. The standard InChI is InChI=1S/C32H40N2O8/c1-6-40-29(36)27-24(19-22-13-9-7-10-14-22)20-25(34(27)31(38)42-32(2,3)4)17-18-26(28(35)39-5)33-30(37)41-21-23-15-11-8-12-16-23/h7-16,18,24-25,27H,6,17,19-21H2,1-5H3,(H,33,37)/b26-18-/t24-,25-,27-/m0/s1. The molecule has 0 saturated carbocycles. The minimum absolute atomic E-state index is 0.0125. The van der Waals surface area contributed by atoms with Crippen LogP contribution in [-0.2, 0) is 41.6 Å². The van der Waals surface area contributed by atoms with E-state index in [-0.39, 0.29) is 31.2 Å². The summed E-state index contributed by atoms with van der Waals surface area (Å²) in [5, 5.41) is 2.45. The second-order valence-electron chi connectivity index (χ2n) is 11.0. The van der Waals surface area contributed by atoms with E-state index < -0.39 is 41.8 Å². The van der Waals surface area contributed by atoms with Gasteiger partial charge in [0, 0.05) is 6.04 Å². The van der Waals surface area contributed by atoms with Gasteiger partial charge in [-0.1, -0.05) is 66.7 Å². The summed E-state index contributed by atoms with van der Waals surface area (Å²) in [6.07, 6.45) is 1.06. The molecule has 1 aliphatic heterocycles. The van der Waals surface area contributed by atoms with Gasteiger partial charge in [0.15, 0.2) is 0 Å². The van der Waals surface area contributed by atoms with E-state index in [1.54, 1.807) is 27.7 Å². The lowest BCUT2D eigenvalue weighted by molar-refractivity contribution is -0.150. The van der Waals surface area contributed by atoms with Gasteiger partial charge in [-0.05, 0) is 64.0 Å². The minimum atomic E-state index is -0.899. The number of amides is 2. The van der Waals surface area contributed by atoms with Crippen LogP contribution in [0, 0.1) is 5.92 Å². The van der Waals surface area contributed by atoms with Crippen LogP contribution in [0.4, 0.5) is 9.59 Å². The fraction of sp³-hybridized carbons (Fsp3) is 0.438. The molecule has 1 heterocycles. The Balaban J connectivity index is 1.87. The van der Waals surface area contributed by atoms with Crippen LogP contribution in [0.25, 0.3) is 0 Å². The van der Waals surface area contributed by atoms with Gasteiger partial charge in [0.05, 0.1) is 13.7 Å². The van der Waals surface area contributed by atoms with Gasteiger partial charge in [-0.3, -0.25) is 10.2 Å². The Morgan fingerprint density at radius 1 is 0.952 bits per heavy atom. The first-order chi connectivity index (χ1) is 20.0. The number of nitrogens with zero attached hydrogens (tertiary/aromatic N) is 1. The van der Waals surface area contributed by atoms with Gasteiger partial charge in [-0.2, -0.15) is 0 Å². The molecular weight excluding hydrogens is 540 g/mol. The monoisotopic (exact) mass is 580 g/mol. The maximum absolute atomic E-state index is 13.5. The number of rotatable bonds is 10. The molecule has 10 heteroatoms. The van der Waals surface area contributed by atoms with Crippen molar-refractivity contribution in [2.75, 3.05) is 13.7 Å². The van der Waals surface area contributed by atoms with Crippen molar-refractivity contribution < 1.29 is 38.1 Å². The molecule has 0 unspecified atom stereocenters. The Labute approximate surface area is 247 Å². The van der Waals surface area contributed by atoms with Crippen molar-refractivity contribution in [3.8, 4) is 0 Å². The van der Waals surface area contributed by atoms with E-state index >= 15 is 0 Å². The molecule has 1 aliphatic rings. The van der Waals surface area contributed by atoms with Crippen LogP contribution >= 0.6 is 0 Å². The molecule has 0 bridgehead atoms. The first kappa shape index (κ1) is 32.2. The smallest absolute Gasteiger partial charge is 0.412 e. The molecule has 1 N–H and O–H groups in total. The average molecular weight is 581 g/mol. The number of esters is 2. The lowest BCUT2D eigenvalue weighted by atomic mass is 9.91. The molecule has 0 radical (unpaired) electrons. The predicted octanol–water partition coefficient (Wildman–Crippen LogP) is 5.16. The van der Waals surface area contributed by atoms with Gasteiger partial charge >= 0.3 is 24.1 Å². The second-order valence-corrected chi connectivity index (χ2v) is 11.0. The van der Waals surface area contributed by atoms with Crippen LogP contribution in [0.5, 0.6) is 0 Å². The van der Waals surface area contributed by atoms with E-state index in [9.17, 15) is 19.2 Å². The Morgan fingerprint density at radius 3 is 2.14 bits per heavy atom. The molecule has 2 amide bonds. The summed E-state index contributed by atoms with van der Waals surface area (Å²) in [6.45, 7) is 7.12. The summed E-state index contributed by atoms with van der Waals surface area (Å²) >= 11 is 0. The molecule has 2 aromatic rings. The maximum atomic E-state index is 13.5. The van der Waals surface area contributed by atoms with Crippen LogP contribution in [-0.4, -0.2) is 60.4 Å². The summed E-state index contributed by atoms with van der Waals surface area (Å²) in [6, 6.07) is 17.3. The Bertz CT molecular complexity index is 1240. The van der Waals surface area contributed by atoms with Crippen molar-refractivity contribution in [3.63, 3.8) is 0 Å². The second kappa shape index (κ2) is 15.0. The molecular formula is C32H40N2O8. The molecule has 0 aliphatic carbocycles. The van der Waals surface area contributed by atoms with Crippen molar-refractivity contribution >= 4 is 24.1 Å². The number of ether oxygens (including phenoxy) is 4. The first-order valence-electron chi connectivity index (χ1n) is 14.0. The number of carbonyl (C=O) groups is 4. The topological polar surface area (TPSA) is 120 Å². The summed E-state index contributed by atoms with van der Waals surface area (Å²) < 4.78 is 21.2.